The third kappa shape index (κ3) is 7.07. The lowest BCUT2D eigenvalue weighted by molar-refractivity contribution is -0.138. The van der Waals surface area contributed by atoms with Gasteiger partial charge < -0.3 is 25.0 Å². The number of alkyl halides is 6. The molecule has 7 nitrogen and oxygen atoms in total. The standard InChI is InChI=1S/C37H26B2F6N2O5/c40-36(41,42)30-7-3-1-5-27(30)34(48)46-25-14-11-22-19-51-38(32(22)17-25)24-12-9-21(10-13-24)15-23-16-26(18-33-29(23)20-52-39(33)50)47-35(49)28-6-2-4-8-31(28)37(43,44)45/h1-14,16-18,50H,15,19-20H2,(H,46,48)(H,47,49). The molecule has 5 aromatic rings. The number of anilines is 2. The molecule has 0 radical (unpaired) electrons. The molecule has 0 atom stereocenters. The molecule has 7 rings (SSSR count). The molecule has 0 aliphatic carbocycles. The number of hydrogen-bond acceptors (Lipinski definition) is 5. The number of rotatable bonds is 7. The molecule has 0 unspecified atom stereocenters. The van der Waals surface area contributed by atoms with Crippen LogP contribution < -0.4 is 27.0 Å². The smallest absolute Gasteiger partial charge is 0.423 e. The summed E-state index contributed by atoms with van der Waals surface area (Å²) >= 11 is 0. The molecule has 2 amide bonds. The third-order valence-electron chi connectivity index (χ3n) is 9.01. The van der Waals surface area contributed by atoms with Crippen LogP contribution in [0.5, 0.6) is 0 Å². The van der Waals surface area contributed by atoms with Crippen LogP contribution in [0, 0.1) is 0 Å². The molecule has 0 saturated carbocycles. The fourth-order valence-corrected chi connectivity index (χ4v) is 6.51. The summed E-state index contributed by atoms with van der Waals surface area (Å²) in [6.45, 7) is -0.135. The first-order chi connectivity index (χ1) is 24.8. The summed E-state index contributed by atoms with van der Waals surface area (Å²) in [6.07, 6.45) is -9.10. The fraction of sp³-hybridized carbons (Fsp3) is 0.135. The quantitative estimate of drug-likeness (QED) is 0.149. The van der Waals surface area contributed by atoms with Gasteiger partial charge in [-0.2, -0.15) is 26.3 Å². The Bertz CT molecular complexity index is 2190. The van der Waals surface area contributed by atoms with Gasteiger partial charge in [0.25, 0.3) is 11.8 Å². The van der Waals surface area contributed by atoms with Crippen LogP contribution in [0.3, 0.4) is 0 Å². The molecule has 5 aromatic carbocycles. The predicted octanol–water partition coefficient (Wildman–Crippen LogP) is 5.67. The second-order valence-corrected chi connectivity index (χ2v) is 12.4. The van der Waals surface area contributed by atoms with Crippen molar-refractivity contribution in [3.63, 3.8) is 0 Å². The number of benzene rings is 5. The summed E-state index contributed by atoms with van der Waals surface area (Å²) < 4.78 is 92.7. The van der Waals surface area contributed by atoms with Gasteiger partial charge in [-0.15, -0.1) is 0 Å². The van der Waals surface area contributed by atoms with Gasteiger partial charge in [-0.25, -0.2) is 0 Å². The molecule has 15 heteroatoms. The van der Waals surface area contributed by atoms with Gasteiger partial charge in [0.2, 0.25) is 0 Å². The lowest BCUT2D eigenvalue weighted by atomic mass is 9.55. The van der Waals surface area contributed by atoms with Crippen molar-refractivity contribution in [3.8, 4) is 0 Å². The maximum Gasteiger partial charge on any atom is 0.491 e. The number of fused-ring (bicyclic) bond motifs is 2. The third-order valence-corrected chi connectivity index (χ3v) is 9.01. The first kappa shape index (κ1) is 35.1. The number of amides is 2. The molecular weight excluding hydrogens is 688 g/mol. The summed E-state index contributed by atoms with van der Waals surface area (Å²) in [4.78, 5) is 25.9. The Morgan fingerprint density at radius 1 is 0.673 bits per heavy atom. The predicted molar refractivity (Wildman–Crippen MR) is 183 cm³/mol. The van der Waals surface area contributed by atoms with Crippen LogP contribution in [0.2, 0.25) is 0 Å². The van der Waals surface area contributed by atoms with Gasteiger partial charge in [0.15, 0.2) is 0 Å². The Labute approximate surface area is 293 Å². The molecule has 0 aromatic heterocycles. The molecule has 2 aliphatic heterocycles. The van der Waals surface area contributed by atoms with Crippen LogP contribution in [0.1, 0.15) is 54.1 Å². The number of carbonyl (C=O) groups excluding carboxylic acids is 2. The number of halogens is 6. The van der Waals surface area contributed by atoms with E-state index in [0.717, 1.165) is 46.3 Å². The van der Waals surface area contributed by atoms with E-state index in [-0.39, 0.29) is 18.9 Å². The maximum atomic E-state index is 13.6. The molecular formula is C37H26B2F6N2O5. The maximum absolute atomic E-state index is 13.6. The monoisotopic (exact) mass is 714 g/mol. The van der Waals surface area contributed by atoms with Crippen molar-refractivity contribution in [3.05, 3.63) is 148 Å². The molecule has 0 saturated heterocycles. The van der Waals surface area contributed by atoms with Gasteiger partial charge in [0.1, 0.15) is 0 Å². The number of carbonyl (C=O) groups is 2. The number of hydrogen-bond donors (Lipinski definition) is 3. The van der Waals surface area contributed by atoms with Gasteiger partial charge in [-0.05, 0) is 93.6 Å². The van der Waals surface area contributed by atoms with E-state index in [0.29, 0.717) is 28.7 Å². The van der Waals surface area contributed by atoms with E-state index < -0.39 is 60.5 Å². The van der Waals surface area contributed by atoms with Gasteiger partial charge >= 0.3 is 26.4 Å². The van der Waals surface area contributed by atoms with Crippen molar-refractivity contribution in [1.82, 2.24) is 0 Å². The highest BCUT2D eigenvalue weighted by molar-refractivity contribution is 6.81. The summed E-state index contributed by atoms with van der Waals surface area (Å²) in [5.74, 6) is -1.85. The molecule has 0 bridgehead atoms. The van der Waals surface area contributed by atoms with Gasteiger partial charge in [-0.1, -0.05) is 54.6 Å². The molecule has 0 spiro atoms. The Balaban J connectivity index is 1.10. The molecule has 2 aliphatic rings. The SMILES string of the molecule is O=C(Nc1ccc2c(c1)B(c1ccc(Cc3cc(NC(=O)c4ccccc4C(F)(F)F)cc4c3COB4O)cc1)OC2)c1ccccc1C(F)(F)F. The van der Waals surface area contributed by atoms with Crippen LogP contribution in [-0.4, -0.2) is 30.9 Å². The zero-order valence-corrected chi connectivity index (χ0v) is 26.9. The highest BCUT2D eigenvalue weighted by Gasteiger charge is 2.37. The lowest BCUT2D eigenvalue weighted by Gasteiger charge is -2.15. The minimum Gasteiger partial charge on any atom is -0.423 e. The Kier molecular flexibility index (Phi) is 9.19. The molecule has 262 valence electrons. The minimum atomic E-state index is -4.73. The molecule has 3 N–H and O–H groups in total. The van der Waals surface area contributed by atoms with E-state index in [1.54, 1.807) is 24.3 Å². The molecule has 52 heavy (non-hydrogen) atoms. The van der Waals surface area contributed by atoms with Gasteiger partial charge in [0, 0.05) is 11.4 Å². The Morgan fingerprint density at radius 3 is 1.87 bits per heavy atom. The zero-order chi connectivity index (χ0) is 36.8. The average Bonchev–Trinajstić information content (AvgIpc) is 3.71. The van der Waals surface area contributed by atoms with Crippen LogP contribution in [0.4, 0.5) is 37.7 Å². The Morgan fingerprint density at radius 2 is 1.25 bits per heavy atom. The van der Waals surface area contributed by atoms with E-state index in [2.05, 4.69) is 10.6 Å². The van der Waals surface area contributed by atoms with Crippen LogP contribution in [0.15, 0.2) is 103 Å². The lowest BCUT2D eigenvalue weighted by Crippen LogP contribution is -2.41. The van der Waals surface area contributed by atoms with Crippen molar-refractivity contribution >= 4 is 53.6 Å². The highest BCUT2D eigenvalue weighted by Crippen LogP contribution is 2.34. The van der Waals surface area contributed by atoms with E-state index >= 15 is 0 Å². The fourth-order valence-electron chi connectivity index (χ4n) is 6.51. The van der Waals surface area contributed by atoms with Crippen LogP contribution in [0.25, 0.3) is 0 Å². The van der Waals surface area contributed by atoms with Crippen molar-refractivity contribution < 1.29 is 50.3 Å². The second-order valence-electron chi connectivity index (χ2n) is 12.4. The van der Waals surface area contributed by atoms with Crippen LogP contribution >= 0.6 is 0 Å². The van der Waals surface area contributed by atoms with E-state index in [1.165, 1.54) is 30.3 Å². The summed E-state index contributed by atoms with van der Waals surface area (Å²) in [7, 11) is -1.27. The van der Waals surface area contributed by atoms with E-state index in [9.17, 15) is 41.0 Å². The summed E-state index contributed by atoms with van der Waals surface area (Å²) in [6, 6.07) is 24.6. The minimum absolute atomic E-state index is 0.0996. The van der Waals surface area contributed by atoms with Crippen molar-refractivity contribution in [2.75, 3.05) is 10.6 Å². The van der Waals surface area contributed by atoms with Crippen molar-refractivity contribution in [1.29, 1.82) is 0 Å². The summed E-state index contributed by atoms with van der Waals surface area (Å²) in [5, 5.41) is 15.5. The summed E-state index contributed by atoms with van der Waals surface area (Å²) in [5.41, 5.74) is 2.36. The van der Waals surface area contributed by atoms with E-state index in [1.807, 2.05) is 24.3 Å². The first-order valence-electron chi connectivity index (χ1n) is 16.0. The second kappa shape index (κ2) is 13.6. The van der Waals surface area contributed by atoms with Crippen LogP contribution in [-0.2, 0) is 41.3 Å². The van der Waals surface area contributed by atoms with Crippen molar-refractivity contribution in [2.24, 2.45) is 0 Å². The van der Waals surface area contributed by atoms with Gasteiger partial charge in [0.05, 0.1) is 35.5 Å². The number of nitrogens with one attached hydrogen (secondary N) is 2. The zero-order valence-electron chi connectivity index (χ0n) is 26.9. The highest BCUT2D eigenvalue weighted by atomic mass is 19.4. The Hall–Kier alpha value is -5.37. The van der Waals surface area contributed by atoms with Crippen molar-refractivity contribution in [2.45, 2.75) is 32.0 Å². The molecule has 2 heterocycles. The molecule has 0 fully saturated rings. The topological polar surface area (TPSA) is 96.9 Å². The first-order valence-corrected chi connectivity index (χ1v) is 16.0. The van der Waals surface area contributed by atoms with Gasteiger partial charge in [-0.3, -0.25) is 9.59 Å². The van der Waals surface area contributed by atoms with E-state index in [4.69, 9.17) is 9.31 Å². The normalized spacial score (nSPS) is 13.9. The largest absolute Gasteiger partial charge is 0.491 e. The average molecular weight is 714 g/mol.